The summed E-state index contributed by atoms with van der Waals surface area (Å²) in [6, 6.07) is 14.5. The maximum absolute atomic E-state index is 8.80. The number of imidazole rings is 1. The average molecular weight is 289 g/mol. The molecule has 1 aromatic carbocycles. The van der Waals surface area contributed by atoms with E-state index >= 15 is 0 Å². The zero-order valence-electron chi connectivity index (χ0n) is 12.0. The van der Waals surface area contributed by atoms with Crippen LogP contribution < -0.4 is 5.32 Å². The molecule has 4 rings (SSSR count). The monoisotopic (exact) mass is 289 g/mol. The summed E-state index contributed by atoms with van der Waals surface area (Å²) in [5.74, 6) is 1.79. The number of nitriles is 1. The predicted octanol–water partition coefficient (Wildman–Crippen LogP) is 3.25. The van der Waals surface area contributed by atoms with Crippen LogP contribution in [0.1, 0.15) is 30.3 Å². The second kappa shape index (κ2) is 5.15. The molecule has 1 saturated carbocycles. The van der Waals surface area contributed by atoms with Crippen molar-refractivity contribution < 1.29 is 0 Å². The van der Waals surface area contributed by atoms with Crippen LogP contribution in [0, 0.1) is 11.3 Å². The molecular weight excluding hydrogens is 274 g/mol. The summed E-state index contributed by atoms with van der Waals surface area (Å²) in [6.45, 7) is 0.629. The second-order valence-corrected chi connectivity index (χ2v) is 5.52. The summed E-state index contributed by atoms with van der Waals surface area (Å²) >= 11 is 0. The maximum atomic E-state index is 8.80. The van der Waals surface area contributed by atoms with Crippen molar-refractivity contribution in [1.82, 2.24) is 14.5 Å². The third-order valence-corrected chi connectivity index (χ3v) is 3.90. The molecule has 1 aliphatic rings. The first-order valence-electron chi connectivity index (χ1n) is 7.41. The lowest BCUT2D eigenvalue weighted by molar-refractivity contribution is 0.710. The number of rotatable bonds is 4. The third kappa shape index (κ3) is 2.29. The lowest BCUT2D eigenvalue weighted by Gasteiger charge is -2.09. The van der Waals surface area contributed by atoms with Gasteiger partial charge in [-0.25, -0.2) is 9.97 Å². The van der Waals surface area contributed by atoms with E-state index < -0.39 is 0 Å². The minimum Gasteiger partial charge on any atom is -0.363 e. The Bertz CT molecular complexity index is 853. The van der Waals surface area contributed by atoms with Gasteiger partial charge < -0.3 is 9.88 Å². The highest BCUT2D eigenvalue weighted by Gasteiger charge is 2.27. The van der Waals surface area contributed by atoms with E-state index in [1.54, 1.807) is 12.3 Å². The number of aromatic nitrogens is 3. The van der Waals surface area contributed by atoms with Gasteiger partial charge >= 0.3 is 0 Å². The Kier molecular flexibility index (Phi) is 3.01. The molecule has 2 aromatic heterocycles. The van der Waals surface area contributed by atoms with Gasteiger partial charge in [0.05, 0.1) is 23.1 Å². The first-order chi connectivity index (χ1) is 10.8. The highest BCUT2D eigenvalue weighted by atomic mass is 15.2. The molecule has 0 bridgehead atoms. The van der Waals surface area contributed by atoms with Crippen LogP contribution in [0.3, 0.4) is 0 Å². The Hall–Kier alpha value is -2.87. The van der Waals surface area contributed by atoms with Gasteiger partial charge in [0.15, 0.2) is 0 Å². The van der Waals surface area contributed by atoms with Gasteiger partial charge in [-0.3, -0.25) is 0 Å². The number of nitrogens with one attached hydrogen (secondary N) is 1. The zero-order chi connectivity index (χ0) is 14.9. The quantitative estimate of drug-likeness (QED) is 0.800. The highest BCUT2D eigenvalue weighted by Crippen LogP contribution is 2.38. The van der Waals surface area contributed by atoms with Crippen molar-refractivity contribution >= 4 is 16.9 Å². The first-order valence-corrected chi connectivity index (χ1v) is 7.41. The Morgan fingerprint density at radius 2 is 2.09 bits per heavy atom. The van der Waals surface area contributed by atoms with E-state index in [-0.39, 0.29) is 0 Å². The molecule has 1 aliphatic carbocycles. The molecule has 0 unspecified atom stereocenters. The Morgan fingerprint density at radius 1 is 1.23 bits per heavy atom. The maximum Gasteiger partial charge on any atom is 0.129 e. The predicted molar refractivity (Wildman–Crippen MR) is 84.3 cm³/mol. The fraction of sp³-hybridized carbons (Fsp3) is 0.235. The van der Waals surface area contributed by atoms with Crippen molar-refractivity contribution in [2.45, 2.75) is 25.4 Å². The molecule has 5 heteroatoms. The number of benzene rings is 1. The van der Waals surface area contributed by atoms with Crippen LogP contribution >= 0.6 is 0 Å². The van der Waals surface area contributed by atoms with Crippen molar-refractivity contribution in [3.05, 3.63) is 54.0 Å². The van der Waals surface area contributed by atoms with E-state index in [9.17, 15) is 0 Å². The molecule has 1 N–H and O–H groups in total. The lowest BCUT2D eigenvalue weighted by Crippen LogP contribution is -2.08. The summed E-state index contributed by atoms with van der Waals surface area (Å²) in [4.78, 5) is 8.98. The van der Waals surface area contributed by atoms with Crippen molar-refractivity contribution in [3.8, 4) is 6.07 Å². The molecule has 1 fully saturated rings. The average Bonchev–Trinajstić information content (AvgIpc) is 3.33. The van der Waals surface area contributed by atoms with Gasteiger partial charge in [-0.05, 0) is 37.1 Å². The smallest absolute Gasteiger partial charge is 0.129 e. The molecule has 2 heterocycles. The molecule has 5 nitrogen and oxygen atoms in total. The van der Waals surface area contributed by atoms with Gasteiger partial charge in [-0.15, -0.1) is 0 Å². The SMILES string of the molecule is N#Cc1ccc(NCc2nc3ccccc3n2C2CC2)nc1. The number of pyridine rings is 1. The second-order valence-electron chi connectivity index (χ2n) is 5.52. The summed E-state index contributed by atoms with van der Waals surface area (Å²) in [7, 11) is 0. The highest BCUT2D eigenvalue weighted by molar-refractivity contribution is 5.76. The van der Waals surface area contributed by atoms with Crippen LogP contribution in [0.2, 0.25) is 0 Å². The molecular formula is C17H15N5. The van der Waals surface area contributed by atoms with E-state index in [1.165, 1.54) is 18.4 Å². The van der Waals surface area contributed by atoms with Gasteiger partial charge in [0, 0.05) is 12.2 Å². The van der Waals surface area contributed by atoms with E-state index in [1.807, 2.05) is 12.1 Å². The van der Waals surface area contributed by atoms with Crippen molar-refractivity contribution in [2.24, 2.45) is 0 Å². The molecule has 108 valence electrons. The van der Waals surface area contributed by atoms with Crippen LogP contribution in [-0.4, -0.2) is 14.5 Å². The largest absolute Gasteiger partial charge is 0.363 e. The number of fused-ring (bicyclic) bond motifs is 1. The van der Waals surface area contributed by atoms with Gasteiger partial charge in [-0.1, -0.05) is 12.1 Å². The molecule has 0 saturated heterocycles. The van der Waals surface area contributed by atoms with Crippen molar-refractivity contribution in [2.75, 3.05) is 5.32 Å². The fourth-order valence-corrected chi connectivity index (χ4v) is 2.69. The number of anilines is 1. The number of para-hydroxylation sites is 2. The molecule has 3 aromatic rings. The van der Waals surface area contributed by atoms with Crippen LogP contribution in [0.25, 0.3) is 11.0 Å². The summed E-state index contributed by atoms with van der Waals surface area (Å²) < 4.78 is 2.34. The van der Waals surface area contributed by atoms with Gasteiger partial charge in [-0.2, -0.15) is 5.26 Å². The van der Waals surface area contributed by atoms with Gasteiger partial charge in [0.2, 0.25) is 0 Å². The van der Waals surface area contributed by atoms with E-state index in [0.29, 0.717) is 18.2 Å². The van der Waals surface area contributed by atoms with E-state index in [2.05, 4.69) is 39.1 Å². The lowest BCUT2D eigenvalue weighted by atomic mass is 10.3. The van der Waals surface area contributed by atoms with Crippen LogP contribution in [0.5, 0.6) is 0 Å². The first kappa shape index (κ1) is 12.8. The third-order valence-electron chi connectivity index (χ3n) is 3.90. The molecule has 0 radical (unpaired) electrons. The molecule has 0 spiro atoms. The molecule has 0 atom stereocenters. The standard InChI is InChI=1S/C17H15N5/c18-9-12-5-8-16(19-10-12)20-11-17-21-14-3-1-2-4-15(14)22(17)13-6-7-13/h1-5,8,10,13H,6-7,11H2,(H,19,20). The Labute approximate surface area is 128 Å². The number of nitrogens with zero attached hydrogens (tertiary/aromatic N) is 4. The van der Waals surface area contributed by atoms with Gasteiger partial charge in [0.1, 0.15) is 17.7 Å². The summed E-state index contributed by atoms with van der Waals surface area (Å²) in [5.41, 5.74) is 2.81. The van der Waals surface area contributed by atoms with Crippen LogP contribution in [0.15, 0.2) is 42.6 Å². The van der Waals surface area contributed by atoms with E-state index in [0.717, 1.165) is 17.2 Å². The van der Waals surface area contributed by atoms with Crippen molar-refractivity contribution in [3.63, 3.8) is 0 Å². The summed E-state index contributed by atoms with van der Waals surface area (Å²) in [5, 5.41) is 12.1. The van der Waals surface area contributed by atoms with Gasteiger partial charge in [0.25, 0.3) is 0 Å². The Balaban J connectivity index is 1.61. The fourth-order valence-electron chi connectivity index (χ4n) is 2.69. The number of hydrogen-bond donors (Lipinski definition) is 1. The topological polar surface area (TPSA) is 66.5 Å². The minimum absolute atomic E-state index is 0.566. The minimum atomic E-state index is 0.566. The normalized spacial score (nSPS) is 14.0. The van der Waals surface area contributed by atoms with E-state index in [4.69, 9.17) is 10.2 Å². The van der Waals surface area contributed by atoms with Crippen molar-refractivity contribution in [1.29, 1.82) is 5.26 Å². The summed E-state index contributed by atoms with van der Waals surface area (Å²) in [6.07, 6.45) is 4.02. The Morgan fingerprint density at radius 3 is 2.82 bits per heavy atom. The number of hydrogen-bond acceptors (Lipinski definition) is 4. The van der Waals surface area contributed by atoms with Crippen LogP contribution in [0.4, 0.5) is 5.82 Å². The molecule has 22 heavy (non-hydrogen) atoms. The zero-order valence-corrected chi connectivity index (χ0v) is 12.0. The van der Waals surface area contributed by atoms with Crippen LogP contribution in [-0.2, 0) is 6.54 Å². The molecule has 0 amide bonds. The molecule has 0 aliphatic heterocycles.